The summed E-state index contributed by atoms with van der Waals surface area (Å²) in [6.07, 6.45) is 0. The Labute approximate surface area is 156 Å². The van der Waals surface area contributed by atoms with Crippen LogP contribution >= 0.6 is 24.1 Å². The lowest BCUT2D eigenvalue weighted by Crippen LogP contribution is -1.97. The Hall–Kier alpha value is -1.92. The topological polar surface area (TPSA) is 38.7 Å². The van der Waals surface area contributed by atoms with Crippen LogP contribution in [0, 0.1) is 0 Å². The van der Waals surface area contributed by atoms with E-state index in [-0.39, 0.29) is 5.75 Å². The lowest BCUT2D eigenvalue weighted by atomic mass is 10.1. The van der Waals surface area contributed by atoms with Gasteiger partial charge in [-0.15, -0.1) is 0 Å². The van der Waals surface area contributed by atoms with Crippen LogP contribution in [-0.4, -0.2) is 5.11 Å². The van der Waals surface area contributed by atoms with Crippen LogP contribution < -0.4 is 0 Å². The van der Waals surface area contributed by atoms with Gasteiger partial charge in [-0.25, -0.2) is 0 Å². The molecule has 3 nitrogen and oxygen atoms in total. The molecule has 0 amide bonds. The van der Waals surface area contributed by atoms with Gasteiger partial charge in [0.25, 0.3) is 0 Å². The van der Waals surface area contributed by atoms with Crippen LogP contribution in [0.3, 0.4) is 0 Å². The van der Waals surface area contributed by atoms with E-state index in [1.807, 2.05) is 72.8 Å². The first-order valence-electron chi connectivity index (χ1n) is 7.82. The van der Waals surface area contributed by atoms with E-state index in [9.17, 15) is 5.11 Å². The van der Waals surface area contributed by atoms with E-state index in [1.54, 1.807) is 6.07 Å². The molecule has 0 heterocycles. The van der Waals surface area contributed by atoms with Crippen molar-refractivity contribution >= 4 is 24.1 Å². The molecular weight excluding hydrogens is 352 g/mol. The fraction of sp³-hybridized carbons (Fsp3) is 0.100. The van der Waals surface area contributed by atoms with Crippen LogP contribution in [0.25, 0.3) is 0 Å². The second-order valence-corrected chi connectivity index (χ2v) is 6.98. The van der Waals surface area contributed by atoms with E-state index in [0.717, 1.165) is 20.9 Å². The summed E-state index contributed by atoms with van der Waals surface area (Å²) in [6.45, 7) is 0.698. The predicted molar refractivity (Wildman–Crippen MR) is 102 cm³/mol. The number of hydrogen-bond acceptors (Lipinski definition) is 5. The van der Waals surface area contributed by atoms with E-state index in [0.29, 0.717) is 13.2 Å². The molecule has 0 fully saturated rings. The fourth-order valence-corrected chi connectivity index (χ4v) is 3.36. The van der Waals surface area contributed by atoms with Crippen molar-refractivity contribution in [3.8, 4) is 5.75 Å². The lowest BCUT2D eigenvalue weighted by molar-refractivity contribution is 0.330. The molecule has 25 heavy (non-hydrogen) atoms. The number of rotatable bonds is 8. The zero-order valence-corrected chi connectivity index (χ0v) is 15.1. The summed E-state index contributed by atoms with van der Waals surface area (Å²) in [6, 6.07) is 25.2. The average molecular weight is 370 g/mol. The fourth-order valence-electron chi connectivity index (χ4n) is 2.19. The largest absolute Gasteiger partial charge is 0.508 e. The van der Waals surface area contributed by atoms with Gasteiger partial charge in [0.15, 0.2) is 0 Å². The first-order valence-corrected chi connectivity index (χ1v) is 9.30. The predicted octanol–water partition coefficient (Wildman–Crippen LogP) is 5.84. The molecule has 0 saturated heterocycles. The molecule has 0 atom stereocenters. The van der Waals surface area contributed by atoms with Crippen molar-refractivity contribution in [1.29, 1.82) is 0 Å². The zero-order chi connectivity index (χ0) is 17.3. The van der Waals surface area contributed by atoms with Gasteiger partial charge in [-0.2, -0.15) is 0 Å². The van der Waals surface area contributed by atoms with Gasteiger partial charge in [0, 0.05) is 39.4 Å². The van der Waals surface area contributed by atoms with Crippen molar-refractivity contribution in [3.63, 3.8) is 0 Å². The first kappa shape index (κ1) is 17.9. The molecule has 0 aliphatic carbocycles. The minimum Gasteiger partial charge on any atom is -0.508 e. The van der Waals surface area contributed by atoms with Crippen molar-refractivity contribution in [3.05, 3.63) is 90.0 Å². The monoisotopic (exact) mass is 370 g/mol. The smallest absolute Gasteiger partial charge is 0.121 e. The third kappa shape index (κ3) is 5.54. The SMILES string of the molecule is Oc1cccc(COSc2ccccc2)c1COSc1ccccc1. The molecule has 3 rings (SSSR count). The standard InChI is InChI=1S/C20H18O3S2/c21-20-13-7-8-16(14-22-24-17-9-3-1-4-10-17)19(20)15-23-25-18-11-5-2-6-12-18/h1-13,21H,14-15H2. The molecule has 0 bridgehead atoms. The Bertz CT molecular complexity index is 779. The quantitative estimate of drug-likeness (QED) is 0.504. The van der Waals surface area contributed by atoms with Gasteiger partial charge in [-0.05, 0) is 35.9 Å². The molecule has 0 unspecified atom stereocenters. The van der Waals surface area contributed by atoms with Gasteiger partial charge < -0.3 is 13.5 Å². The Morgan fingerprint density at radius 1 is 0.640 bits per heavy atom. The minimum absolute atomic E-state index is 0.222. The molecule has 3 aromatic carbocycles. The molecule has 128 valence electrons. The molecule has 0 saturated carbocycles. The average Bonchev–Trinajstić information content (AvgIpc) is 2.65. The number of hydrogen-bond donors (Lipinski definition) is 1. The Kier molecular flexibility index (Phi) is 6.82. The molecule has 0 spiro atoms. The van der Waals surface area contributed by atoms with Gasteiger partial charge >= 0.3 is 0 Å². The number of phenols is 1. The minimum atomic E-state index is 0.222. The molecule has 0 aliphatic rings. The van der Waals surface area contributed by atoms with E-state index < -0.39 is 0 Å². The number of phenolic OH excluding ortho intramolecular Hbond substituents is 1. The number of aromatic hydroxyl groups is 1. The van der Waals surface area contributed by atoms with Gasteiger partial charge in [0.05, 0.1) is 13.2 Å². The zero-order valence-electron chi connectivity index (χ0n) is 13.5. The lowest BCUT2D eigenvalue weighted by Gasteiger charge is -2.11. The van der Waals surface area contributed by atoms with Gasteiger partial charge in [0.2, 0.25) is 0 Å². The van der Waals surface area contributed by atoms with Crippen LogP contribution in [0.1, 0.15) is 11.1 Å². The van der Waals surface area contributed by atoms with E-state index in [2.05, 4.69) is 0 Å². The van der Waals surface area contributed by atoms with Crippen molar-refractivity contribution in [1.82, 2.24) is 0 Å². The third-order valence-corrected chi connectivity index (χ3v) is 4.86. The Morgan fingerprint density at radius 3 is 1.80 bits per heavy atom. The highest BCUT2D eigenvalue weighted by molar-refractivity contribution is 7.94. The van der Waals surface area contributed by atoms with E-state index in [1.165, 1.54) is 24.1 Å². The second-order valence-electron chi connectivity index (χ2n) is 5.23. The number of benzene rings is 3. The van der Waals surface area contributed by atoms with Crippen molar-refractivity contribution < 1.29 is 13.5 Å². The van der Waals surface area contributed by atoms with E-state index in [4.69, 9.17) is 8.37 Å². The summed E-state index contributed by atoms with van der Waals surface area (Å²) < 4.78 is 11.4. The van der Waals surface area contributed by atoms with Crippen molar-refractivity contribution in [2.75, 3.05) is 0 Å². The maximum Gasteiger partial charge on any atom is 0.121 e. The van der Waals surface area contributed by atoms with Gasteiger partial charge in [-0.3, -0.25) is 0 Å². The summed E-state index contributed by atoms with van der Waals surface area (Å²) in [5, 5.41) is 10.2. The summed E-state index contributed by atoms with van der Waals surface area (Å²) in [5.41, 5.74) is 1.66. The summed E-state index contributed by atoms with van der Waals surface area (Å²) in [5.74, 6) is 0.222. The summed E-state index contributed by atoms with van der Waals surface area (Å²) in [4.78, 5) is 2.07. The van der Waals surface area contributed by atoms with Gasteiger partial charge in [-0.1, -0.05) is 48.5 Å². The molecule has 0 aromatic heterocycles. The van der Waals surface area contributed by atoms with Crippen molar-refractivity contribution in [2.24, 2.45) is 0 Å². The van der Waals surface area contributed by atoms with Crippen LogP contribution in [0.4, 0.5) is 0 Å². The third-order valence-electron chi connectivity index (χ3n) is 3.46. The normalized spacial score (nSPS) is 10.7. The van der Waals surface area contributed by atoms with Crippen LogP contribution in [0.2, 0.25) is 0 Å². The highest BCUT2D eigenvalue weighted by atomic mass is 32.2. The van der Waals surface area contributed by atoms with Crippen LogP contribution in [-0.2, 0) is 21.6 Å². The highest BCUT2D eigenvalue weighted by Crippen LogP contribution is 2.28. The molecule has 3 aromatic rings. The van der Waals surface area contributed by atoms with Crippen molar-refractivity contribution in [2.45, 2.75) is 23.0 Å². The molecule has 0 aliphatic heterocycles. The van der Waals surface area contributed by atoms with E-state index >= 15 is 0 Å². The summed E-state index contributed by atoms with van der Waals surface area (Å²) in [7, 11) is 0. The maximum atomic E-state index is 10.2. The maximum absolute atomic E-state index is 10.2. The van der Waals surface area contributed by atoms with Crippen LogP contribution in [0.15, 0.2) is 88.7 Å². The first-order chi connectivity index (χ1) is 12.3. The molecular formula is C20H18O3S2. The second kappa shape index (κ2) is 9.53. The van der Waals surface area contributed by atoms with Crippen LogP contribution in [0.5, 0.6) is 5.75 Å². The molecule has 0 radical (unpaired) electrons. The molecule has 1 N–H and O–H groups in total. The summed E-state index contributed by atoms with van der Waals surface area (Å²) >= 11 is 2.62. The molecule has 5 heteroatoms. The van der Waals surface area contributed by atoms with Gasteiger partial charge in [0.1, 0.15) is 5.75 Å². The Morgan fingerprint density at radius 2 is 1.20 bits per heavy atom. The Balaban J connectivity index is 1.57. The highest BCUT2D eigenvalue weighted by Gasteiger charge is 2.09.